The second-order valence-corrected chi connectivity index (χ2v) is 7.80. The monoisotopic (exact) mass is 362 g/mol. The number of anilines is 1. The Morgan fingerprint density at radius 3 is 2.67 bits per heavy atom. The summed E-state index contributed by atoms with van der Waals surface area (Å²) >= 11 is 0. The van der Waals surface area contributed by atoms with Crippen molar-refractivity contribution >= 4 is 22.6 Å². The van der Waals surface area contributed by atoms with E-state index in [-0.39, 0.29) is 11.9 Å². The maximum Gasteiger partial charge on any atom is 0.256 e. The maximum absolute atomic E-state index is 13.3. The number of amides is 1. The van der Waals surface area contributed by atoms with Crippen LogP contribution in [0, 0.1) is 5.92 Å². The second kappa shape index (κ2) is 6.72. The van der Waals surface area contributed by atoms with E-state index in [2.05, 4.69) is 48.1 Å². The Labute approximate surface area is 160 Å². The van der Waals surface area contributed by atoms with E-state index in [9.17, 15) is 4.79 Å². The van der Waals surface area contributed by atoms with E-state index in [1.54, 1.807) is 6.20 Å². The van der Waals surface area contributed by atoms with E-state index in [1.807, 2.05) is 36.0 Å². The topological polar surface area (TPSA) is 52.2 Å². The molecule has 140 valence electrons. The molecule has 1 unspecified atom stereocenters. The molecule has 3 aromatic rings. The quantitative estimate of drug-likeness (QED) is 0.765. The number of benzene rings is 1. The van der Waals surface area contributed by atoms with Crippen LogP contribution in [-0.4, -0.2) is 41.4 Å². The Kier molecular flexibility index (Phi) is 4.38. The fourth-order valence-corrected chi connectivity index (χ4v) is 4.13. The molecule has 0 bridgehead atoms. The first-order valence-corrected chi connectivity index (χ1v) is 9.51. The lowest BCUT2D eigenvalue weighted by molar-refractivity contribution is 0.0598. The van der Waals surface area contributed by atoms with Gasteiger partial charge in [-0.3, -0.25) is 4.79 Å². The van der Waals surface area contributed by atoms with E-state index in [0.29, 0.717) is 11.5 Å². The smallest absolute Gasteiger partial charge is 0.256 e. The Morgan fingerprint density at radius 2 is 2.00 bits per heavy atom. The highest BCUT2D eigenvalue weighted by atomic mass is 16.2. The summed E-state index contributed by atoms with van der Waals surface area (Å²) in [5.74, 6) is 1.22. The highest BCUT2D eigenvalue weighted by Gasteiger charge is 2.35. The van der Waals surface area contributed by atoms with Crippen molar-refractivity contribution in [1.29, 1.82) is 0 Å². The van der Waals surface area contributed by atoms with E-state index >= 15 is 0 Å². The minimum absolute atomic E-state index is 0.0437. The zero-order valence-electron chi connectivity index (χ0n) is 16.4. The molecule has 0 saturated carbocycles. The van der Waals surface area contributed by atoms with Crippen LogP contribution in [0.3, 0.4) is 0 Å². The van der Waals surface area contributed by atoms with Crippen LogP contribution in [-0.2, 0) is 6.42 Å². The van der Waals surface area contributed by atoms with Gasteiger partial charge in [0.2, 0.25) is 0 Å². The molecular formula is C22H26N4O. The van der Waals surface area contributed by atoms with Gasteiger partial charge in [-0.2, -0.15) is 0 Å². The van der Waals surface area contributed by atoms with Gasteiger partial charge in [0.25, 0.3) is 5.91 Å². The van der Waals surface area contributed by atoms with Crippen LogP contribution in [0.15, 0.2) is 42.6 Å². The Hall–Kier alpha value is -2.82. The second-order valence-electron chi connectivity index (χ2n) is 7.80. The third-order valence-corrected chi connectivity index (χ3v) is 5.43. The zero-order chi connectivity index (χ0) is 19.1. The SMILES string of the molecule is CC(C)C1c2[nH]c3ccccc3c2CCN1C(=O)c1ccc(N(C)C)nc1. The van der Waals surface area contributed by atoms with Crippen LogP contribution in [0.25, 0.3) is 10.9 Å². The minimum atomic E-state index is 0.0437. The summed E-state index contributed by atoms with van der Waals surface area (Å²) in [6.07, 6.45) is 2.56. The van der Waals surface area contributed by atoms with E-state index < -0.39 is 0 Å². The predicted octanol–water partition coefficient (Wildman–Crippen LogP) is 4.02. The van der Waals surface area contributed by atoms with Crippen LogP contribution in [0.1, 0.15) is 41.5 Å². The molecule has 4 rings (SSSR count). The first-order chi connectivity index (χ1) is 13.0. The Balaban J connectivity index is 1.71. The summed E-state index contributed by atoms with van der Waals surface area (Å²) in [5.41, 5.74) is 4.34. The largest absolute Gasteiger partial charge is 0.363 e. The number of nitrogens with zero attached hydrogens (tertiary/aromatic N) is 3. The van der Waals surface area contributed by atoms with Crippen molar-refractivity contribution in [2.75, 3.05) is 25.5 Å². The van der Waals surface area contributed by atoms with Crippen molar-refractivity contribution in [1.82, 2.24) is 14.9 Å². The third-order valence-electron chi connectivity index (χ3n) is 5.43. The average molecular weight is 362 g/mol. The number of para-hydroxylation sites is 1. The lowest BCUT2D eigenvalue weighted by Gasteiger charge is -2.38. The molecule has 0 aliphatic carbocycles. The molecule has 1 N–H and O–H groups in total. The van der Waals surface area contributed by atoms with Crippen LogP contribution in [0.2, 0.25) is 0 Å². The molecule has 0 saturated heterocycles. The number of carbonyl (C=O) groups is 1. The number of aromatic nitrogens is 2. The molecule has 1 amide bonds. The molecule has 2 aromatic heterocycles. The minimum Gasteiger partial charge on any atom is -0.363 e. The summed E-state index contributed by atoms with van der Waals surface area (Å²) in [4.78, 5) is 25.2. The molecule has 0 radical (unpaired) electrons. The molecule has 3 heterocycles. The fraction of sp³-hybridized carbons (Fsp3) is 0.364. The van der Waals surface area contributed by atoms with Gasteiger partial charge in [0, 0.05) is 43.4 Å². The van der Waals surface area contributed by atoms with Crippen LogP contribution < -0.4 is 4.90 Å². The van der Waals surface area contributed by atoms with Gasteiger partial charge >= 0.3 is 0 Å². The van der Waals surface area contributed by atoms with E-state index in [1.165, 1.54) is 16.6 Å². The number of hydrogen-bond donors (Lipinski definition) is 1. The molecule has 1 aliphatic rings. The van der Waals surface area contributed by atoms with Gasteiger partial charge in [-0.1, -0.05) is 32.0 Å². The molecule has 5 heteroatoms. The highest BCUT2D eigenvalue weighted by Crippen LogP contribution is 2.39. The fourth-order valence-electron chi connectivity index (χ4n) is 4.13. The van der Waals surface area contributed by atoms with Crippen LogP contribution >= 0.6 is 0 Å². The molecule has 5 nitrogen and oxygen atoms in total. The van der Waals surface area contributed by atoms with Gasteiger partial charge in [0.05, 0.1) is 11.6 Å². The molecule has 1 aliphatic heterocycles. The van der Waals surface area contributed by atoms with Gasteiger partial charge in [-0.25, -0.2) is 4.98 Å². The summed E-state index contributed by atoms with van der Waals surface area (Å²) in [6.45, 7) is 5.09. The molecule has 1 aromatic carbocycles. The number of H-pyrrole nitrogens is 1. The number of hydrogen-bond acceptors (Lipinski definition) is 3. The number of pyridine rings is 1. The molecule has 27 heavy (non-hydrogen) atoms. The van der Waals surface area contributed by atoms with Crippen molar-refractivity contribution in [3.8, 4) is 0 Å². The van der Waals surface area contributed by atoms with Gasteiger partial charge in [0.1, 0.15) is 5.82 Å². The average Bonchev–Trinajstić information content (AvgIpc) is 3.05. The first kappa shape index (κ1) is 17.6. The number of nitrogens with one attached hydrogen (secondary N) is 1. The number of rotatable bonds is 3. The van der Waals surface area contributed by atoms with Crippen molar-refractivity contribution in [2.45, 2.75) is 26.3 Å². The summed E-state index contributed by atoms with van der Waals surface area (Å²) in [7, 11) is 3.89. The van der Waals surface area contributed by atoms with Crippen molar-refractivity contribution in [2.24, 2.45) is 5.92 Å². The van der Waals surface area contributed by atoms with Gasteiger partial charge in [-0.05, 0) is 36.1 Å². The first-order valence-electron chi connectivity index (χ1n) is 9.51. The van der Waals surface area contributed by atoms with E-state index in [4.69, 9.17) is 0 Å². The van der Waals surface area contributed by atoms with Crippen molar-refractivity contribution < 1.29 is 4.79 Å². The van der Waals surface area contributed by atoms with Gasteiger partial charge in [-0.15, -0.1) is 0 Å². The van der Waals surface area contributed by atoms with Gasteiger partial charge < -0.3 is 14.8 Å². The maximum atomic E-state index is 13.3. The molecular weight excluding hydrogens is 336 g/mol. The number of aromatic amines is 1. The van der Waals surface area contributed by atoms with Crippen molar-refractivity contribution in [3.05, 3.63) is 59.4 Å². The Morgan fingerprint density at radius 1 is 1.22 bits per heavy atom. The number of fused-ring (bicyclic) bond motifs is 3. The standard InChI is InChI=1S/C22H26N4O/c1-14(2)21-20-17(16-7-5-6-8-18(16)24-20)11-12-26(21)22(27)15-9-10-19(23-13-15)25(3)4/h5-10,13-14,21,24H,11-12H2,1-4H3. The Bertz CT molecular complexity index is 972. The number of carbonyl (C=O) groups excluding carboxylic acids is 1. The molecule has 0 spiro atoms. The van der Waals surface area contributed by atoms with E-state index in [0.717, 1.165) is 24.3 Å². The molecule has 1 atom stereocenters. The normalized spacial score (nSPS) is 16.6. The van der Waals surface area contributed by atoms with Crippen LogP contribution in [0.5, 0.6) is 0 Å². The lowest BCUT2D eigenvalue weighted by atomic mass is 9.90. The summed E-state index contributed by atoms with van der Waals surface area (Å²) in [5, 5.41) is 1.28. The lowest BCUT2D eigenvalue weighted by Crippen LogP contribution is -2.42. The highest BCUT2D eigenvalue weighted by molar-refractivity contribution is 5.95. The van der Waals surface area contributed by atoms with Gasteiger partial charge in [0.15, 0.2) is 0 Å². The zero-order valence-corrected chi connectivity index (χ0v) is 16.4. The third kappa shape index (κ3) is 2.97. The molecule has 0 fully saturated rings. The predicted molar refractivity (Wildman–Crippen MR) is 109 cm³/mol. The van der Waals surface area contributed by atoms with Crippen LogP contribution in [0.4, 0.5) is 5.82 Å². The van der Waals surface area contributed by atoms with Crippen molar-refractivity contribution in [3.63, 3.8) is 0 Å². The summed E-state index contributed by atoms with van der Waals surface area (Å²) < 4.78 is 0. The summed E-state index contributed by atoms with van der Waals surface area (Å²) in [6, 6.07) is 12.2.